The van der Waals surface area contributed by atoms with Crippen LogP contribution in [0, 0.1) is 5.92 Å². The number of rotatable bonds is 4. The van der Waals surface area contributed by atoms with Crippen LogP contribution in [-0.4, -0.2) is 19.8 Å². The molecule has 3 atom stereocenters. The molecular formula is C12H18BrNOS. The second-order valence-electron chi connectivity index (χ2n) is 4.21. The highest BCUT2D eigenvalue weighted by molar-refractivity contribution is 9.10. The number of thiophene rings is 1. The van der Waals surface area contributed by atoms with Crippen molar-refractivity contribution in [3.8, 4) is 0 Å². The molecule has 1 aromatic heterocycles. The first-order chi connectivity index (χ1) is 7.77. The molecule has 0 saturated carbocycles. The molecule has 3 unspecified atom stereocenters. The lowest BCUT2D eigenvalue weighted by molar-refractivity contribution is 0.0782. The van der Waals surface area contributed by atoms with Crippen LogP contribution in [0.15, 0.2) is 15.2 Å². The van der Waals surface area contributed by atoms with Crippen LogP contribution >= 0.6 is 27.3 Å². The van der Waals surface area contributed by atoms with E-state index in [9.17, 15) is 0 Å². The first-order valence-electron chi connectivity index (χ1n) is 5.78. The number of ether oxygens (including phenoxy) is 1. The van der Waals surface area contributed by atoms with Gasteiger partial charge in [0, 0.05) is 28.4 Å². The van der Waals surface area contributed by atoms with E-state index in [1.54, 1.807) is 11.3 Å². The standard InChI is InChI=1S/C12H18BrNOS/c1-3-11-8(4-5-15-11)12(14-2)9-6-16-7-10(9)13/h6-8,11-12,14H,3-5H2,1-2H3. The molecule has 4 heteroatoms. The molecule has 16 heavy (non-hydrogen) atoms. The zero-order valence-corrected chi connectivity index (χ0v) is 12.1. The molecule has 1 saturated heterocycles. The summed E-state index contributed by atoms with van der Waals surface area (Å²) in [6.45, 7) is 3.11. The second-order valence-corrected chi connectivity index (χ2v) is 5.81. The minimum absolute atomic E-state index is 0.407. The van der Waals surface area contributed by atoms with E-state index in [0.717, 1.165) is 19.4 Å². The molecule has 2 heterocycles. The molecule has 1 aliphatic heterocycles. The molecule has 2 rings (SSSR count). The summed E-state index contributed by atoms with van der Waals surface area (Å²) < 4.78 is 7.00. The fourth-order valence-corrected chi connectivity index (χ4v) is 4.16. The third-order valence-electron chi connectivity index (χ3n) is 3.38. The van der Waals surface area contributed by atoms with Gasteiger partial charge in [-0.3, -0.25) is 0 Å². The molecule has 1 N–H and O–H groups in total. The fourth-order valence-electron chi connectivity index (χ4n) is 2.58. The van der Waals surface area contributed by atoms with E-state index in [2.05, 4.69) is 38.9 Å². The van der Waals surface area contributed by atoms with Gasteiger partial charge in [0.15, 0.2) is 0 Å². The zero-order valence-electron chi connectivity index (χ0n) is 9.70. The summed E-state index contributed by atoms with van der Waals surface area (Å²) in [6.07, 6.45) is 2.67. The summed E-state index contributed by atoms with van der Waals surface area (Å²) in [5.41, 5.74) is 1.38. The third-order valence-corrected chi connectivity index (χ3v) is 5.13. The van der Waals surface area contributed by atoms with Gasteiger partial charge in [-0.1, -0.05) is 6.92 Å². The van der Waals surface area contributed by atoms with Crippen molar-refractivity contribution >= 4 is 27.3 Å². The van der Waals surface area contributed by atoms with Gasteiger partial charge >= 0.3 is 0 Å². The van der Waals surface area contributed by atoms with E-state index in [1.807, 2.05) is 7.05 Å². The van der Waals surface area contributed by atoms with Crippen LogP contribution in [0.2, 0.25) is 0 Å². The molecule has 0 aliphatic carbocycles. The monoisotopic (exact) mass is 303 g/mol. The van der Waals surface area contributed by atoms with E-state index in [-0.39, 0.29) is 0 Å². The van der Waals surface area contributed by atoms with Gasteiger partial charge < -0.3 is 10.1 Å². The Morgan fingerprint density at radius 1 is 1.62 bits per heavy atom. The van der Waals surface area contributed by atoms with Crippen LogP contribution in [-0.2, 0) is 4.74 Å². The lowest BCUT2D eigenvalue weighted by atomic mass is 9.88. The minimum atomic E-state index is 0.407. The normalized spacial score (nSPS) is 27.2. The highest BCUT2D eigenvalue weighted by Crippen LogP contribution is 2.38. The maximum Gasteiger partial charge on any atom is 0.0619 e. The van der Waals surface area contributed by atoms with Crippen LogP contribution < -0.4 is 5.32 Å². The molecule has 0 bridgehead atoms. The summed E-state index contributed by atoms with van der Waals surface area (Å²) in [4.78, 5) is 0. The largest absolute Gasteiger partial charge is 0.378 e. The van der Waals surface area contributed by atoms with Gasteiger partial charge in [-0.15, -0.1) is 0 Å². The first-order valence-corrected chi connectivity index (χ1v) is 7.52. The smallest absolute Gasteiger partial charge is 0.0619 e. The Morgan fingerprint density at radius 3 is 3.00 bits per heavy atom. The summed E-state index contributed by atoms with van der Waals surface area (Å²) >= 11 is 5.38. The van der Waals surface area contributed by atoms with Crippen molar-refractivity contribution in [2.75, 3.05) is 13.7 Å². The van der Waals surface area contributed by atoms with Crippen molar-refractivity contribution < 1.29 is 4.74 Å². The highest BCUT2D eigenvalue weighted by atomic mass is 79.9. The Hall–Kier alpha value is 0.100. The molecule has 0 amide bonds. The average molecular weight is 304 g/mol. The number of halogens is 1. The molecule has 0 radical (unpaired) electrons. The molecular weight excluding hydrogens is 286 g/mol. The molecule has 90 valence electrons. The summed E-state index contributed by atoms with van der Waals surface area (Å²) in [6, 6.07) is 0.410. The lowest BCUT2D eigenvalue weighted by Crippen LogP contribution is -2.30. The van der Waals surface area contributed by atoms with E-state index in [0.29, 0.717) is 18.1 Å². The molecule has 1 fully saturated rings. The predicted octanol–water partition coefficient (Wildman–Crippen LogP) is 3.59. The quantitative estimate of drug-likeness (QED) is 0.918. The van der Waals surface area contributed by atoms with E-state index in [4.69, 9.17) is 4.74 Å². The topological polar surface area (TPSA) is 21.3 Å². The van der Waals surface area contributed by atoms with Gasteiger partial charge in [-0.2, -0.15) is 11.3 Å². The van der Waals surface area contributed by atoms with Crippen molar-refractivity contribution in [2.24, 2.45) is 5.92 Å². The lowest BCUT2D eigenvalue weighted by Gasteiger charge is -2.26. The SMILES string of the molecule is CCC1OCCC1C(NC)c1cscc1Br. The fraction of sp³-hybridized carbons (Fsp3) is 0.667. The maximum absolute atomic E-state index is 5.78. The summed E-state index contributed by atoms with van der Waals surface area (Å²) in [5.74, 6) is 0.598. The number of hydrogen-bond donors (Lipinski definition) is 1. The highest BCUT2D eigenvalue weighted by Gasteiger charge is 2.34. The Kier molecular flexibility index (Phi) is 4.41. The zero-order chi connectivity index (χ0) is 11.5. The van der Waals surface area contributed by atoms with Crippen molar-refractivity contribution in [2.45, 2.75) is 31.9 Å². The Morgan fingerprint density at radius 2 is 2.44 bits per heavy atom. The van der Waals surface area contributed by atoms with Crippen LogP contribution in [0.1, 0.15) is 31.4 Å². The minimum Gasteiger partial charge on any atom is -0.378 e. The molecule has 1 aromatic rings. The van der Waals surface area contributed by atoms with Crippen molar-refractivity contribution in [1.29, 1.82) is 0 Å². The Bertz CT molecular complexity index is 342. The van der Waals surface area contributed by atoms with Crippen LogP contribution in [0.5, 0.6) is 0 Å². The van der Waals surface area contributed by atoms with Gasteiger partial charge in [0.2, 0.25) is 0 Å². The molecule has 0 spiro atoms. The van der Waals surface area contributed by atoms with E-state index >= 15 is 0 Å². The second kappa shape index (κ2) is 5.63. The Labute approximate surface area is 110 Å². The number of nitrogens with one attached hydrogen (secondary N) is 1. The van der Waals surface area contributed by atoms with Gasteiger partial charge in [-0.25, -0.2) is 0 Å². The molecule has 1 aliphatic rings. The van der Waals surface area contributed by atoms with Crippen molar-refractivity contribution in [3.63, 3.8) is 0 Å². The number of hydrogen-bond acceptors (Lipinski definition) is 3. The van der Waals surface area contributed by atoms with Crippen LogP contribution in [0.3, 0.4) is 0 Å². The van der Waals surface area contributed by atoms with Crippen molar-refractivity contribution in [1.82, 2.24) is 5.32 Å². The van der Waals surface area contributed by atoms with Gasteiger partial charge in [0.05, 0.1) is 6.10 Å². The Balaban J connectivity index is 2.19. The predicted molar refractivity (Wildman–Crippen MR) is 72.0 cm³/mol. The molecule has 0 aromatic carbocycles. The first kappa shape index (κ1) is 12.6. The van der Waals surface area contributed by atoms with Gasteiger partial charge in [-0.05, 0) is 46.8 Å². The molecule has 2 nitrogen and oxygen atoms in total. The van der Waals surface area contributed by atoms with Crippen LogP contribution in [0.25, 0.3) is 0 Å². The van der Waals surface area contributed by atoms with E-state index < -0.39 is 0 Å². The van der Waals surface area contributed by atoms with Gasteiger partial charge in [0.25, 0.3) is 0 Å². The van der Waals surface area contributed by atoms with Crippen molar-refractivity contribution in [3.05, 3.63) is 20.8 Å². The average Bonchev–Trinajstić information content (AvgIpc) is 2.90. The summed E-state index contributed by atoms with van der Waals surface area (Å²) in [5, 5.41) is 7.83. The van der Waals surface area contributed by atoms with Gasteiger partial charge in [0.1, 0.15) is 0 Å². The third kappa shape index (κ3) is 2.35. The maximum atomic E-state index is 5.78. The summed E-state index contributed by atoms with van der Waals surface area (Å²) in [7, 11) is 2.04. The van der Waals surface area contributed by atoms with Crippen LogP contribution in [0.4, 0.5) is 0 Å². The van der Waals surface area contributed by atoms with E-state index in [1.165, 1.54) is 10.0 Å².